The van der Waals surface area contributed by atoms with Crippen molar-refractivity contribution in [3.8, 4) is 0 Å². The van der Waals surface area contributed by atoms with Crippen molar-refractivity contribution in [2.75, 3.05) is 25.4 Å². The molecule has 0 amide bonds. The first-order valence-electron chi connectivity index (χ1n) is 6.88. The summed E-state index contributed by atoms with van der Waals surface area (Å²) in [7, 11) is -3.16. The maximum absolute atomic E-state index is 11.9. The van der Waals surface area contributed by atoms with Gasteiger partial charge in [-0.15, -0.1) is 12.4 Å². The van der Waals surface area contributed by atoms with Gasteiger partial charge in [0.15, 0.2) is 0 Å². The fraction of sp³-hybridized carbons (Fsp3) is 0.571. The molecular formula is C14H23ClN2O2S. The van der Waals surface area contributed by atoms with Gasteiger partial charge in [0, 0.05) is 6.54 Å². The first-order valence-corrected chi connectivity index (χ1v) is 8.53. The van der Waals surface area contributed by atoms with Crippen LogP contribution >= 0.6 is 12.4 Å². The zero-order valence-electron chi connectivity index (χ0n) is 11.5. The zero-order chi connectivity index (χ0) is 13.6. The molecule has 0 aromatic heterocycles. The van der Waals surface area contributed by atoms with Gasteiger partial charge >= 0.3 is 0 Å². The number of piperidine rings is 1. The van der Waals surface area contributed by atoms with Gasteiger partial charge in [-0.3, -0.25) is 0 Å². The van der Waals surface area contributed by atoms with Crippen molar-refractivity contribution < 1.29 is 8.42 Å². The lowest BCUT2D eigenvalue weighted by Gasteiger charge is -2.22. The van der Waals surface area contributed by atoms with Gasteiger partial charge in [0.05, 0.1) is 5.75 Å². The summed E-state index contributed by atoms with van der Waals surface area (Å²) in [5.41, 5.74) is 1.06. The Kier molecular flexibility index (Phi) is 7.51. The molecule has 1 aromatic rings. The minimum Gasteiger partial charge on any atom is -0.316 e. The molecule has 4 nitrogen and oxygen atoms in total. The molecule has 0 aliphatic carbocycles. The van der Waals surface area contributed by atoms with E-state index in [4.69, 9.17) is 0 Å². The lowest BCUT2D eigenvalue weighted by molar-refractivity contribution is 0.376. The van der Waals surface area contributed by atoms with E-state index >= 15 is 0 Å². The summed E-state index contributed by atoms with van der Waals surface area (Å²) >= 11 is 0. The Labute approximate surface area is 127 Å². The topological polar surface area (TPSA) is 58.2 Å². The van der Waals surface area contributed by atoms with Gasteiger partial charge in [-0.1, -0.05) is 30.3 Å². The van der Waals surface area contributed by atoms with E-state index in [-0.39, 0.29) is 18.2 Å². The molecule has 1 heterocycles. The second-order valence-corrected chi connectivity index (χ2v) is 7.04. The van der Waals surface area contributed by atoms with Crippen molar-refractivity contribution in [1.29, 1.82) is 0 Å². The fourth-order valence-corrected chi connectivity index (χ4v) is 3.45. The molecule has 0 spiro atoms. The predicted octanol–water partition coefficient (Wildman–Crippen LogP) is 1.57. The van der Waals surface area contributed by atoms with Gasteiger partial charge < -0.3 is 5.32 Å². The highest BCUT2D eigenvalue weighted by Gasteiger charge is 2.16. The number of benzene rings is 1. The number of sulfonamides is 1. The summed E-state index contributed by atoms with van der Waals surface area (Å²) in [6, 6.07) is 9.72. The molecule has 1 unspecified atom stereocenters. The van der Waals surface area contributed by atoms with Crippen LogP contribution in [0, 0.1) is 5.92 Å². The van der Waals surface area contributed by atoms with Crippen molar-refractivity contribution >= 4 is 22.4 Å². The second kappa shape index (κ2) is 8.62. The number of nitrogens with one attached hydrogen (secondary N) is 2. The molecule has 114 valence electrons. The number of hydrogen-bond donors (Lipinski definition) is 2. The summed E-state index contributed by atoms with van der Waals surface area (Å²) in [5, 5.41) is 3.29. The maximum Gasteiger partial charge on any atom is 0.211 e. The average molecular weight is 319 g/mol. The molecule has 6 heteroatoms. The molecule has 0 radical (unpaired) electrons. The molecule has 1 atom stereocenters. The van der Waals surface area contributed by atoms with Crippen LogP contribution in [0.15, 0.2) is 30.3 Å². The minimum absolute atomic E-state index is 0. The monoisotopic (exact) mass is 318 g/mol. The van der Waals surface area contributed by atoms with E-state index < -0.39 is 10.0 Å². The quantitative estimate of drug-likeness (QED) is 0.837. The Morgan fingerprint density at radius 1 is 1.25 bits per heavy atom. The summed E-state index contributed by atoms with van der Waals surface area (Å²) in [5.74, 6) is 0.595. The Hall–Kier alpha value is -0.620. The van der Waals surface area contributed by atoms with E-state index in [9.17, 15) is 8.42 Å². The lowest BCUT2D eigenvalue weighted by Crippen LogP contribution is -2.39. The highest BCUT2D eigenvalue weighted by Crippen LogP contribution is 2.09. The molecule has 1 fully saturated rings. The van der Waals surface area contributed by atoms with Crippen molar-refractivity contribution in [2.45, 2.75) is 19.3 Å². The summed E-state index contributed by atoms with van der Waals surface area (Å²) < 4.78 is 26.6. The van der Waals surface area contributed by atoms with E-state index in [1.165, 1.54) is 0 Å². The van der Waals surface area contributed by atoms with E-state index in [2.05, 4.69) is 10.0 Å². The molecule has 0 bridgehead atoms. The van der Waals surface area contributed by atoms with Crippen molar-refractivity contribution in [2.24, 2.45) is 5.92 Å². The lowest BCUT2D eigenvalue weighted by atomic mass is 10.0. The number of aryl methyl sites for hydroxylation is 1. The van der Waals surface area contributed by atoms with E-state index in [1.54, 1.807) is 0 Å². The van der Waals surface area contributed by atoms with Crippen molar-refractivity contribution in [3.05, 3.63) is 35.9 Å². The Morgan fingerprint density at radius 3 is 2.65 bits per heavy atom. The predicted molar refractivity (Wildman–Crippen MR) is 84.8 cm³/mol. The summed E-state index contributed by atoms with van der Waals surface area (Å²) in [6.07, 6.45) is 2.81. The molecule has 1 aromatic carbocycles. The minimum atomic E-state index is -3.16. The molecule has 20 heavy (non-hydrogen) atoms. The normalized spacial score (nSPS) is 19.3. The number of hydrogen-bond acceptors (Lipinski definition) is 3. The Bertz CT molecular complexity index is 473. The highest BCUT2D eigenvalue weighted by molar-refractivity contribution is 7.89. The van der Waals surface area contributed by atoms with Gasteiger partial charge in [-0.2, -0.15) is 0 Å². The standard InChI is InChI=1S/C14H22N2O2S.ClH/c17-19(18,10-8-13-5-2-1-3-6-13)16-12-14-7-4-9-15-11-14;/h1-3,5-6,14-16H,4,7-12H2;1H. The van der Waals surface area contributed by atoms with Crippen LogP contribution < -0.4 is 10.0 Å². The van der Waals surface area contributed by atoms with Crippen LogP contribution in [-0.4, -0.2) is 33.8 Å². The third kappa shape index (κ3) is 6.22. The Morgan fingerprint density at radius 2 is 2.00 bits per heavy atom. The van der Waals surface area contributed by atoms with E-state index in [0.717, 1.165) is 31.5 Å². The first kappa shape index (κ1) is 17.4. The molecule has 1 aliphatic rings. The van der Waals surface area contributed by atoms with Crippen LogP contribution in [-0.2, 0) is 16.4 Å². The van der Waals surface area contributed by atoms with Gasteiger partial charge in [0.2, 0.25) is 10.0 Å². The smallest absolute Gasteiger partial charge is 0.211 e. The molecular weight excluding hydrogens is 296 g/mol. The second-order valence-electron chi connectivity index (χ2n) is 5.12. The van der Waals surface area contributed by atoms with Crippen LogP contribution in [0.5, 0.6) is 0 Å². The molecule has 1 saturated heterocycles. The van der Waals surface area contributed by atoms with Gasteiger partial charge in [0.1, 0.15) is 0 Å². The summed E-state index contributed by atoms with van der Waals surface area (Å²) in [4.78, 5) is 0. The zero-order valence-corrected chi connectivity index (χ0v) is 13.2. The van der Waals surface area contributed by atoms with Crippen LogP contribution in [0.2, 0.25) is 0 Å². The largest absolute Gasteiger partial charge is 0.316 e. The first-order chi connectivity index (χ1) is 9.16. The van der Waals surface area contributed by atoms with Crippen LogP contribution in [0.25, 0.3) is 0 Å². The molecule has 2 N–H and O–H groups in total. The van der Waals surface area contributed by atoms with Crippen molar-refractivity contribution in [1.82, 2.24) is 10.0 Å². The van der Waals surface area contributed by atoms with Gasteiger partial charge in [-0.25, -0.2) is 13.1 Å². The highest BCUT2D eigenvalue weighted by atomic mass is 35.5. The maximum atomic E-state index is 11.9. The third-order valence-electron chi connectivity index (χ3n) is 3.49. The fourth-order valence-electron chi connectivity index (χ4n) is 2.31. The molecule has 0 saturated carbocycles. The van der Waals surface area contributed by atoms with Crippen LogP contribution in [0.4, 0.5) is 0 Å². The van der Waals surface area contributed by atoms with Crippen LogP contribution in [0.1, 0.15) is 18.4 Å². The van der Waals surface area contributed by atoms with E-state index in [0.29, 0.717) is 18.9 Å². The summed E-state index contributed by atoms with van der Waals surface area (Å²) in [6.45, 7) is 2.53. The van der Waals surface area contributed by atoms with Crippen molar-refractivity contribution in [3.63, 3.8) is 0 Å². The SMILES string of the molecule is Cl.O=S(=O)(CCc1ccccc1)NCC1CCCNC1. The molecule has 2 rings (SSSR count). The van der Waals surface area contributed by atoms with Gasteiger partial charge in [-0.05, 0) is 43.8 Å². The number of rotatable bonds is 6. The number of halogens is 1. The molecule has 1 aliphatic heterocycles. The average Bonchev–Trinajstić information content (AvgIpc) is 2.46. The Balaban J connectivity index is 0.00000200. The third-order valence-corrected chi connectivity index (χ3v) is 4.84. The van der Waals surface area contributed by atoms with Gasteiger partial charge in [0.25, 0.3) is 0 Å². The van der Waals surface area contributed by atoms with E-state index in [1.807, 2.05) is 30.3 Å². The van der Waals surface area contributed by atoms with Crippen LogP contribution in [0.3, 0.4) is 0 Å².